The van der Waals surface area contributed by atoms with Gasteiger partial charge in [-0.1, -0.05) is 6.07 Å². The minimum absolute atomic E-state index is 0.333. The lowest BCUT2D eigenvalue weighted by Gasteiger charge is -2.31. The van der Waals surface area contributed by atoms with E-state index in [9.17, 15) is 8.42 Å². The fourth-order valence-corrected chi connectivity index (χ4v) is 5.12. The first-order valence-corrected chi connectivity index (χ1v) is 9.88. The molecule has 0 radical (unpaired) electrons. The highest BCUT2D eigenvalue weighted by Gasteiger charge is 2.32. The van der Waals surface area contributed by atoms with Gasteiger partial charge in [-0.05, 0) is 50.7 Å². The van der Waals surface area contributed by atoms with Crippen LogP contribution in [-0.2, 0) is 23.0 Å². The normalized spacial score (nSPS) is 19.5. The van der Waals surface area contributed by atoms with E-state index in [0.29, 0.717) is 36.1 Å². The topological polar surface area (TPSA) is 68.1 Å². The van der Waals surface area contributed by atoms with Crippen molar-refractivity contribution >= 4 is 10.0 Å². The maximum absolute atomic E-state index is 13.0. The molecule has 0 aromatic carbocycles. The molecule has 3 heterocycles. The summed E-state index contributed by atoms with van der Waals surface area (Å²) in [5.41, 5.74) is 1.88. The van der Waals surface area contributed by atoms with Crippen LogP contribution < -0.4 is 0 Å². The molecule has 1 unspecified atom stereocenters. The Hall–Kier alpha value is -1.73. The predicted molar refractivity (Wildman–Crippen MR) is 92.1 cm³/mol. The summed E-state index contributed by atoms with van der Waals surface area (Å²) in [5, 5.41) is 4.18. The monoisotopic (exact) mass is 348 g/mol. The molecular weight excluding hydrogens is 324 g/mol. The molecule has 0 aliphatic carbocycles. The van der Waals surface area contributed by atoms with E-state index in [4.69, 9.17) is 0 Å². The van der Waals surface area contributed by atoms with Gasteiger partial charge in [0.1, 0.15) is 4.90 Å². The molecule has 0 saturated carbocycles. The van der Waals surface area contributed by atoms with Crippen molar-refractivity contribution in [2.24, 2.45) is 5.92 Å². The molecule has 2 aromatic rings. The van der Waals surface area contributed by atoms with Crippen molar-refractivity contribution in [3.63, 3.8) is 0 Å². The standard InChI is InChI=1S/C17H24N4O2S/c1-3-21-14(2)17(12-19-21)24(22,23)20-9-5-7-16(13-20)10-15-6-4-8-18-11-15/h4,6,8,11-12,16H,3,5,7,9-10,13H2,1-2H3. The summed E-state index contributed by atoms with van der Waals surface area (Å²) in [6.07, 6.45) is 7.92. The average Bonchev–Trinajstić information content (AvgIpc) is 2.97. The van der Waals surface area contributed by atoms with Crippen molar-refractivity contribution in [2.75, 3.05) is 13.1 Å². The van der Waals surface area contributed by atoms with Crippen molar-refractivity contribution in [3.05, 3.63) is 42.0 Å². The minimum atomic E-state index is -3.47. The van der Waals surface area contributed by atoms with Gasteiger partial charge in [0.15, 0.2) is 0 Å². The molecule has 0 amide bonds. The third-order valence-corrected chi connectivity index (χ3v) is 6.67. The first-order valence-electron chi connectivity index (χ1n) is 8.44. The van der Waals surface area contributed by atoms with Gasteiger partial charge >= 0.3 is 0 Å². The molecule has 1 aliphatic rings. The first-order chi connectivity index (χ1) is 11.5. The Labute approximate surface area is 143 Å². The molecule has 3 rings (SSSR count). The molecule has 0 spiro atoms. The van der Waals surface area contributed by atoms with E-state index in [-0.39, 0.29) is 0 Å². The number of pyridine rings is 1. The Bertz CT molecular complexity index is 786. The molecule has 130 valence electrons. The SMILES string of the molecule is CCn1ncc(S(=O)(=O)N2CCCC(Cc3cccnc3)C2)c1C. The average molecular weight is 348 g/mol. The van der Waals surface area contributed by atoms with Crippen LogP contribution in [0.25, 0.3) is 0 Å². The molecule has 24 heavy (non-hydrogen) atoms. The number of aromatic nitrogens is 3. The van der Waals surface area contributed by atoms with Crippen LogP contribution in [0.15, 0.2) is 35.6 Å². The predicted octanol–water partition coefficient (Wildman–Crippen LogP) is 2.25. The van der Waals surface area contributed by atoms with Crippen molar-refractivity contribution in [2.45, 2.75) is 44.6 Å². The molecule has 6 nitrogen and oxygen atoms in total. The Morgan fingerprint density at radius 2 is 2.17 bits per heavy atom. The number of rotatable bonds is 5. The van der Waals surface area contributed by atoms with E-state index in [1.165, 1.54) is 6.20 Å². The van der Waals surface area contributed by atoms with Crippen molar-refractivity contribution in [1.29, 1.82) is 0 Å². The first kappa shape index (κ1) is 17.1. The van der Waals surface area contributed by atoms with Crippen LogP contribution >= 0.6 is 0 Å². The molecule has 2 aromatic heterocycles. The zero-order valence-electron chi connectivity index (χ0n) is 14.2. The number of hydrogen-bond acceptors (Lipinski definition) is 4. The molecule has 1 fully saturated rings. The summed E-state index contributed by atoms with van der Waals surface area (Å²) in [6, 6.07) is 3.98. The Morgan fingerprint density at radius 1 is 1.33 bits per heavy atom. The Kier molecular flexibility index (Phi) is 5.01. The molecule has 0 bridgehead atoms. The number of aryl methyl sites for hydroxylation is 1. The second kappa shape index (κ2) is 7.03. The summed E-state index contributed by atoms with van der Waals surface area (Å²) in [7, 11) is -3.47. The lowest BCUT2D eigenvalue weighted by molar-refractivity contribution is 0.265. The highest BCUT2D eigenvalue weighted by molar-refractivity contribution is 7.89. The summed E-state index contributed by atoms with van der Waals surface area (Å²) in [4.78, 5) is 4.49. The maximum atomic E-state index is 13.0. The smallest absolute Gasteiger partial charge is 0.246 e. The molecule has 1 aliphatic heterocycles. The van der Waals surface area contributed by atoms with Crippen molar-refractivity contribution < 1.29 is 8.42 Å². The number of nitrogens with zero attached hydrogens (tertiary/aromatic N) is 4. The molecule has 1 atom stereocenters. The van der Waals surface area contributed by atoms with Crippen LogP contribution in [0.2, 0.25) is 0 Å². The number of hydrogen-bond donors (Lipinski definition) is 0. The van der Waals surface area contributed by atoms with Gasteiger partial charge in [0, 0.05) is 32.0 Å². The van der Waals surface area contributed by atoms with Crippen molar-refractivity contribution in [3.8, 4) is 0 Å². The Morgan fingerprint density at radius 3 is 2.83 bits per heavy atom. The zero-order chi connectivity index (χ0) is 17.2. The second-order valence-corrected chi connectivity index (χ2v) is 8.25. The van der Waals surface area contributed by atoms with Crippen LogP contribution in [0.1, 0.15) is 31.0 Å². The third-order valence-electron chi connectivity index (χ3n) is 4.70. The molecule has 0 N–H and O–H groups in total. The van der Waals surface area contributed by atoms with E-state index in [1.807, 2.05) is 26.1 Å². The van der Waals surface area contributed by atoms with E-state index in [2.05, 4.69) is 16.1 Å². The lowest BCUT2D eigenvalue weighted by atomic mass is 9.93. The second-order valence-electron chi connectivity index (χ2n) is 6.35. The quantitative estimate of drug-likeness (QED) is 0.831. The van der Waals surface area contributed by atoms with Gasteiger partial charge in [0.25, 0.3) is 0 Å². The van der Waals surface area contributed by atoms with Crippen molar-refractivity contribution in [1.82, 2.24) is 19.1 Å². The maximum Gasteiger partial charge on any atom is 0.246 e. The van der Waals surface area contributed by atoms with Gasteiger partial charge in [-0.15, -0.1) is 0 Å². The third kappa shape index (κ3) is 3.37. The van der Waals surface area contributed by atoms with Gasteiger partial charge in [-0.2, -0.15) is 9.40 Å². The van der Waals surface area contributed by atoms with Gasteiger partial charge in [0.2, 0.25) is 10.0 Å². The zero-order valence-corrected chi connectivity index (χ0v) is 15.0. The van der Waals surface area contributed by atoms with Crippen LogP contribution in [-0.4, -0.2) is 40.6 Å². The van der Waals surface area contributed by atoms with Crippen LogP contribution in [0, 0.1) is 12.8 Å². The van der Waals surface area contributed by atoms with E-state index in [0.717, 1.165) is 24.8 Å². The summed E-state index contributed by atoms with van der Waals surface area (Å²) >= 11 is 0. The summed E-state index contributed by atoms with van der Waals surface area (Å²) in [5.74, 6) is 0.333. The van der Waals surface area contributed by atoms with Crippen LogP contribution in [0.4, 0.5) is 0 Å². The van der Waals surface area contributed by atoms with Crippen LogP contribution in [0.3, 0.4) is 0 Å². The largest absolute Gasteiger partial charge is 0.269 e. The number of sulfonamides is 1. The lowest BCUT2D eigenvalue weighted by Crippen LogP contribution is -2.40. The highest BCUT2D eigenvalue weighted by atomic mass is 32.2. The van der Waals surface area contributed by atoms with Crippen LogP contribution in [0.5, 0.6) is 0 Å². The summed E-state index contributed by atoms with van der Waals surface area (Å²) < 4.78 is 29.3. The van der Waals surface area contributed by atoms with Gasteiger partial charge in [-0.25, -0.2) is 8.42 Å². The fourth-order valence-electron chi connectivity index (χ4n) is 3.40. The van der Waals surface area contributed by atoms with E-state index < -0.39 is 10.0 Å². The fraction of sp³-hybridized carbons (Fsp3) is 0.529. The Balaban J connectivity index is 1.77. The minimum Gasteiger partial charge on any atom is -0.269 e. The highest BCUT2D eigenvalue weighted by Crippen LogP contribution is 2.27. The summed E-state index contributed by atoms with van der Waals surface area (Å²) in [6.45, 7) is 5.60. The number of piperidine rings is 1. The van der Waals surface area contributed by atoms with E-state index >= 15 is 0 Å². The van der Waals surface area contributed by atoms with Gasteiger partial charge < -0.3 is 0 Å². The molecular formula is C17H24N4O2S. The van der Waals surface area contributed by atoms with Gasteiger partial charge in [-0.3, -0.25) is 9.67 Å². The van der Waals surface area contributed by atoms with E-state index in [1.54, 1.807) is 15.2 Å². The molecule has 1 saturated heterocycles. The molecule has 7 heteroatoms. The van der Waals surface area contributed by atoms with Gasteiger partial charge in [0.05, 0.1) is 11.9 Å².